The fraction of sp³-hybridized carbons (Fsp3) is 0.412. The van der Waals surface area contributed by atoms with E-state index in [1.165, 1.54) is 11.1 Å². The molecule has 0 radical (unpaired) electrons. The number of amides is 1. The SMILES string of the molecule is C=CCNC(=O)CN1CCCCC1c1nc2ccccc2s1. The molecule has 1 atom stereocenters. The van der Waals surface area contributed by atoms with Gasteiger partial charge in [0.1, 0.15) is 5.01 Å². The van der Waals surface area contributed by atoms with Gasteiger partial charge in [0.05, 0.1) is 22.8 Å². The Kier molecular flexibility index (Phi) is 4.85. The number of nitrogens with one attached hydrogen (secondary N) is 1. The predicted molar refractivity (Wildman–Crippen MR) is 91.0 cm³/mol. The van der Waals surface area contributed by atoms with E-state index in [9.17, 15) is 4.79 Å². The molecule has 2 aromatic rings. The Balaban J connectivity index is 1.76. The Labute approximate surface area is 134 Å². The van der Waals surface area contributed by atoms with Gasteiger partial charge in [-0.2, -0.15) is 0 Å². The summed E-state index contributed by atoms with van der Waals surface area (Å²) in [6.07, 6.45) is 5.13. The van der Waals surface area contributed by atoms with Crippen LogP contribution in [-0.2, 0) is 4.79 Å². The summed E-state index contributed by atoms with van der Waals surface area (Å²) in [5.41, 5.74) is 1.06. The van der Waals surface area contributed by atoms with E-state index < -0.39 is 0 Å². The maximum Gasteiger partial charge on any atom is 0.234 e. The molecule has 1 amide bonds. The normalized spacial score (nSPS) is 19.2. The molecular formula is C17H21N3OS. The number of carbonyl (C=O) groups excluding carboxylic acids is 1. The summed E-state index contributed by atoms with van der Waals surface area (Å²) in [7, 11) is 0. The van der Waals surface area contributed by atoms with Crippen LogP contribution in [0, 0.1) is 0 Å². The third-order valence-electron chi connectivity index (χ3n) is 4.00. The molecule has 22 heavy (non-hydrogen) atoms. The summed E-state index contributed by atoms with van der Waals surface area (Å²) in [4.78, 5) is 19.1. The van der Waals surface area contributed by atoms with Crippen LogP contribution in [0.2, 0.25) is 0 Å². The van der Waals surface area contributed by atoms with Crippen molar-refractivity contribution in [1.29, 1.82) is 0 Å². The van der Waals surface area contributed by atoms with E-state index in [-0.39, 0.29) is 11.9 Å². The summed E-state index contributed by atoms with van der Waals surface area (Å²) in [5, 5.41) is 4.00. The number of piperidine rings is 1. The standard InChI is InChI=1S/C17H21N3OS/c1-2-10-18-16(21)12-20-11-6-5-8-14(20)17-19-13-7-3-4-9-15(13)22-17/h2-4,7,9,14H,1,5-6,8,10-12H2,(H,18,21). The van der Waals surface area contributed by atoms with Crippen LogP contribution >= 0.6 is 11.3 Å². The Morgan fingerprint density at radius 3 is 3.14 bits per heavy atom. The van der Waals surface area contributed by atoms with Crippen molar-refractivity contribution in [3.8, 4) is 0 Å². The number of fused-ring (bicyclic) bond motifs is 1. The molecule has 1 aromatic carbocycles. The lowest BCUT2D eigenvalue weighted by Gasteiger charge is -2.33. The van der Waals surface area contributed by atoms with Crippen LogP contribution in [0.4, 0.5) is 0 Å². The minimum atomic E-state index is 0.0629. The van der Waals surface area contributed by atoms with Gasteiger partial charge in [-0.1, -0.05) is 24.6 Å². The summed E-state index contributed by atoms with van der Waals surface area (Å²) < 4.78 is 1.22. The Hall–Kier alpha value is -1.72. The number of aromatic nitrogens is 1. The molecule has 2 heterocycles. The van der Waals surface area contributed by atoms with E-state index in [1.807, 2.05) is 12.1 Å². The number of rotatable bonds is 5. The molecule has 5 heteroatoms. The van der Waals surface area contributed by atoms with Gasteiger partial charge in [-0.15, -0.1) is 17.9 Å². The van der Waals surface area contributed by atoms with E-state index in [2.05, 4.69) is 28.9 Å². The smallest absolute Gasteiger partial charge is 0.234 e. The molecule has 1 aromatic heterocycles. The molecule has 3 rings (SSSR count). The summed E-state index contributed by atoms with van der Waals surface area (Å²) in [5.74, 6) is 0.0629. The molecule has 1 fully saturated rings. The first-order valence-corrected chi connectivity index (χ1v) is 8.56. The number of nitrogens with zero attached hydrogens (tertiary/aromatic N) is 2. The summed E-state index contributed by atoms with van der Waals surface area (Å²) in [6, 6.07) is 8.50. The van der Waals surface area contributed by atoms with Gasteiger partial charge in [-0.25, -0.2) is 4.98 Å². The van der Waals surface area contributed by atoms with Gasteiger partial charge in [0.2, 0.25) is 5.91 Å². The second-order valence-corrected chi connectivity index (χ2v) is 6.66. The fourth-order valence-electron chi connectivity index (χ4n) is 2.92. The highest BCUT2D eigenvalue weighted by molar-refractivity contribution is 7.18. The van der Waals surface area contributed by atoms with Gasteiger partial charge in [0, 0.05) is 6.54 Å². The van der Waals surface area contributed by atoms with Crippen molar-refractivity contribution in [2.75, 3.05) is 19.6 Å². The second kappa shape index (κ2) is 7.03. The van der Waals surface area contributed by atoms with Gasteiger partial charge < -0.3 is 5.32 Å². The molecule has 0 aliphatic carbocycles. The van der Waals surface area contributed by atoms with E-state index in [0.717, 1.165) is 29.9 Å². The first kappa shape index (κ1) is 15.2. The Morgan fingerprint density at radius 1 is 1.45 bits per heavy atom. The van der Waals surface area contributed by atoms with Crippen LogP contribution < -0.4 is 5.32 Å². The molecule has 0 spiro atoms. The van der Waals surface area contributed by atoms with Gasteiger partial charge >= 0.3 is 0 Å². The van der Waals surface area contributed by atoms with Crippen molar-refractivity contribution in [2.45, 2.75) is 25.3 Å². The predicted octanol–water partition coefficient (Wildman–Crippen LogP) is 3.13. The third kappa shape index (κ3) is 3.36. The zero-order valence-corrected chi connectivity index (χ0v) is 13.4. The monoisotopic (exact) mass is 315 g/mol. The van der Waals surface area contributed by atoms with Crippen LogP contribution in [0.25, 0.3) is 10.2 Å². The topological polar surface area (TPSA) is 45.2 Å². The Bertz CT molecular complexity index is 634. The van der Waals surface area contributed by atoms with Gasteiger partial charge in [-0.3, -0.25) is 9.69 Å². The maximum absolute atomic E-state index is 12.0. The van der Waals surface area contributed by atoms with Crippen LogP contribution in [0.5, 0.6) is 0 Å². The summed E-state index contributed by atoms with van der Waals surface area (Å²) in [6.45, 7) is 5.56. The zero-order valence-electron chi connectivity index (χ0n) is 12.6. The molecule has 1 aliphatic heterocycles. The third-order valence-corrected chi connectivity index (χ3v) is 5.14. The highest BCUT2D eigenvalue weighted by atomic mass is 32.1. The average molecular weight is 315 g/mol. The van der Waals surface area contributed by atoms with Crippen molar-refractivity contribution in [2.24, 2.45) is 0 Å². The van der Waals surface area contributed by atoms with E-state index in [0.29, 0.717) is 13.1 Å². The highest BCUT2D eigenvalue weighted by Crippen LogP contribution is 2.35. The summed E-state index contributed by atoms with van der Waals surface area (Å²) >= 11 is 1.75. The number of likely N-dealkylation sites (tertiary alicyclic amines) is 1. The van der Waals surface area contributed by atoms with Crippen LogP contribution in [0.1, 0.15) is 30.3 Å². The number of thiazole rings is 1. The highest BCUT2D eigenvalue weighted by Gasteiger charge is 2.27. The average Bonchev–Trinajstić information content (AvgIpc) is 2.97. The van der Waals surface area contributed by atoms with Gasteiger partial charge in [0.25, 0.3) is 0 Å². The fourth-order valence-corrected chi connectivity index (χ4v) is 4.06. The minimum absolute atomic E-state index is 0.0629. The molecule has 4 nitrogen and oxygen atoms in total. The second-order valence-electron chi connectivity index (χ2n) is 5.59. The number of hydrogen-bond acceptors (Lipinski definition) is 4. The molecule has 1 saturated heterocycles. The lowest BCUT2D eigenvalue weighted by atomic mass is 10.0. The molecule has 1 unspecified atom stereocenters. The van der Waals surface area contributed by atoms with Gasteiger partial charge in [-0.05, 0) is 31.5 Å². The van der Waals surface area contributed by atoms with Crippen molar-refractivity contribution in [3.63, 3.8) is 0 Å². The van der Waals surface area contributed by atoms with E-state index >= 15 is 0 Å². The molecule has 1 N–H and O–H groups in total. The maximum atomic E-state index is 12.0. The number of benzene rings is 1. The van der Waals surface area contributed by atoms with Crippen molar-refractivity contribution in [3.05, 3.63) is 41.9 Å². The number of para-hydroxylation sites is 1. The largest absolute Gasteiger partial charge is 0.352 e. The van der Waals surface area contributed by atoms with Gasteiger partial charge in [0.15, 0.2) is 0 Å². The minimum Gasteiger partial charge on any atom is -0.352 e. The number of hydrogen-bond donors (Lipinski definition) is 1. The van der Waals surface area contributed by atoms with Crippen LogP contribution in [0.15, 0.2) is 36.9 Å². The van der Waals surface area contributed by atoms with Crippen molar-refractivity contribution in [1.82, 2.24) is 15.2 Å². The van der Waals surface area contributed by atoms with E-state index in [1.54, 1.807) is 17.4 Å². The molecular weight excluding hydrogens is 294 g/mol. The lowest BCUT2D eigenvalue weighted by molar-refractivity contribution is -0.123. The first-order valence-electron chi connectivity index (χ1n) is 7.75. The van der Waals surface area contributed by atoms with E-state index in [4.69, 9.17) is 4.98 Å². The molecule has 116 valence electrons. The van der Waals surface area contributed by atoms with Crippen LogP contribution in [-0.4, -0.2) is 35.4 Å². The Morgan fingerprint density at radius 2 is 2.32 bits per heavy atom. The van der Waals surface area contributed by atoms with Crippen molar-refractivity contribution >= 4 is 27.5 Å². The zero-order chi connectivity index (χ0) is 15.4. The van der Waals surface area contributed by atoms with Crippen molar-refractivity contribution < 1.29 is 4.79 Å². The molecule has 0 bridgehead atoms. The lowest BCUT2D eigenvalue weighted by Crippen LogP contribution is -2.41. The number of carbonyl (C=O) groups is 1. The first-order chi connectivity index (χ1) is 10.8. The van der Waals surface area contributed by atoms with Crippen LogP contribution in [0.3, 0.4) is 0 Å². The quantitative estimate of drug-likeness (QED) is 0.862. The molecule has 1 aliphatic rings. The molecule has 0 saturated carbocycles.